The van der Waals surface area contributed by atoms with Crippen molar-refractivity contribution in [1.29, 1.82) is 0 Å². The van der Waals surface area contributed by atoms with Gasteiger partial charge in [0.2, 0.25) is 5.91 Å². The number of hydrogen-bond acceptors (Lipinski definition) is 6. The topological polar surface area (TPSA) is 66.7 Å². The van der Waals surface area contributed by atoms with Crippen LogP contribution in [0.3, 0.4) is 0 Å². The van der Waals surface area contributed by atoms with E-state index < -0.39 is 0 Å². The minimum atomic E-state index is 0.293. The van der Waals surface area contributed by atoms with Crippen LogP contribution in [0.5, 0.6) is 0 Å². The van der Waals surface area contributed by atoms with Gasteiger partial charge in [-0.15, -0.1) is 10.2 Å². The van der Waals surface area contributed by atoms with E-state index in [1.807, 2.05) is 19.0 Å². The Morgan fingerprint density at radius 2 is 1.85 bits per heavy atom. The Labute approximate surface area is 162 Å². The molecule has 2 aliphatic rings. The number of piperidine rings is 1. The van der Waals surface area contributed by atoms with E-state index in [0.717, 1.165) is 83.4 Å². The Balaban J connectivity index is 1.48. The lowest BCUT2D eigenvalue weighted by atomic mass is 9.95. The number of likely N-dealkylation sites (tertiary alicyclic amines) is 1. The van der Waals surface area contributed by atoms with Gasteiger partial charge < -0.3 is 19.1 Å². The first-order chi connectivity index (χ1) is 13.0. The van der Waals surface area contributed by atoms with Crippen LogP contribution in [0, 0.1) is 0 Å². The number of nitrogens with zero attached hydrogens (tertiary/aromatic N) is 6. The lowest BCUT2D eigenvalue weighted by molar-refractivity contribution is -0.132. The summed E-state index contributed by atoms with van der Waals surface area (Å²) in [5.41, 5.74) is 0. The standard InChI is InChI=1S/C19H34N6O2/c1-22(2)8-4-5-18(26)25-9-6-16(7-10-25)19-21-20-17(23(19)3)15-24-11-13-27-14-12-24/h16H,4-15H2,1-3H3. The largest absolute Gasteiger partial charge is 0.379 e. The van der Waals surface area contributed by atoms with Crippen LogP contribution in [0.2, 0.25) is 0 Å². The summed E-state index contributed by atoms with van der Waals surface area (Å²) in [7, 11) is 6.16. The first kappa shape index (κ1) is 20.2. The SMILES string of the molecule is CN(C)CCCC(=O)N1CCC(c2nnc(CN3CCOCC3)n2C)CC1. The normalized spacial score (nSPS) is 19.8. The summed E-state index contributed by atoms with van der Waals surface area (Å²) in [6.07, 6.45) is 3.53. The average Bonchev–Trinajstić information content (AvgIpc) is 3.03. The lowest BCUT2D eigenvalue weighted by Gasteiger charge is -2.32. The smallest absolute Gasteiger partial charge is 0.222 e. The summed E-state index contributed by atoms with van der Waals surface area (Å²) in [5, 5.41) is 8.93. The van der Waals surface area contributed by atoms with Crippen molar-refractivity contribution in [2.75, 3.05) is 60.0 Å². The minimum absolute atomic E-state index is 0.293. The molecule has 0 spiro atoms. The molecule has 0 atom stereocenters. The maximum absolute atomic E-state index is 12.4. The number of hydrogen-bond donors (Lipinski definition) is 0. The van der Waals surface area contributed by atoms with Crippen LogP contribution in [0.15, 0.2) is 0 Å². The summed E-state index contributed by atoms with van der Waals surface area (Å²) in [6.45, 7) is 6.96. The third kappa shape index (κ3) is 5.49. The molecular formula is C19H34N6O2. The lowest BCUT2D eigenvalue weighted by Crippen LogP contribution is -2.38. The molecule has 2 aliphatic heterocycles. The first-order valence-corrected chi connectivity index (χ1v) is 10.2. The Morgan fingerprint density at radius 3 is 2.52 bits per heavy atom. The van der Waals surface area contributed by atoms with Gasteiger partial charge in [0.05, 0.1) is 19.8 Å². The van der Waals surface area contributed by atoms with Gasteiger partial charge in [-0.3, -0.25) is 9.69 Å². The summed E-state index contributed by atoms with van der Waals surface area (Å²) in [4.78, 5) is 18.9. The van der Waals surface area contributed by atoms with Gasteiger partial charge in [0, 0.05) is 45.6 Å². The maximum Gasteiger partial charge on any atom is 0.222 e. The molecule has 2 fully saturated rings. The van der Waals surface area contributed by atoms with Crippen molar-refractivity contribution < 1.29 is 9.53 Å². The van der Waals surface area contributed by atoms with Gasteiger partial charge in [0.15, 0.2) is 0 Å². The zero-order chi connectivity index (χ0) is 19.2. The number of amides is 1. The van der Waals surface area contributed by atoms with Gasteiger partial charge in [-0.25, -0.2) is 0 Å². The average molecular weight is 379 g/mol. The number of rotatable bonds is 7. The van der Waals surface area contributed by atoms with E-state index in [9.17, 15) is 4.79 Å². The Morgan fingerprint density at radius 1 is 1.15 bits per heavy atom. The van der Waals surface area contributed by atoms with E-state index in [0.29, 0.717) is 18.2 Å². The second kappa shape index (κ2) is 9.61. The predicted octanol–water partition coefficient (Wildman–Crippen LogP) is 0.695. The summed E-state index contributed by atoms with van der Waals surface area (Å²) in [5.74, 6) is 2.78. The minimum Gasteiger partial charge on any atom is -0.379 e. The van der Waals surface area contributed by atoms with Gasteiger partial charge >= 0.3 is 0 Å². The van der Waals surface area contributed by atoms with E-state index in [-0.39, 0.29) is 0 Å². The van der Waals surface area contributed by atoms with Crippen molar-refractivity contribution in [2.45, 2.75) is 38.1 Å². The number of ether oxygens (including phenoxy) is 1. The molecular weight excluding hydrogens is 344 g/mol. The van der Waals surface area contributed by atoms with Crippen molar-refractivity contribution in [2.24, 2.45) is 7.05 Å². The van der Waals surface area contributed by atoms with E-state index >= 15 is 0 Å². The van der Waals surface area contributed by atoms with Crippen molar-refractivity contribution in [3.63, 3.8) is 0 Å². The second-order valence-electron chi connectivity index (χ2n) is 7.98. The van der Waals surface area contributed by atoms with Crippen LogP contribution in [0.25, 0.3) is 0 Å². The summed E-state index contributed by atoms with van der Waals surface area (Å²) >= 11 is 0. The van der Waals surface area contributed by atoms with Crippen LogP contribution < -0.4 is 0 Å². The first-order valence-electron chi connectivity index (χ1n) is 10.2. The molecule has 1 aromatic heterocycles. The third-order valence-electron chi connectivity index (χ3n) is 5.68. The van der Waals surface area contributed by atoms with E-state index in [2.05, 4.69) is 31.6 Å². The van der Waals surface area contributed by atoms with Crippen LogP contribution in [0.1, 0.15) is 43.3 Å². The molecule has 2 saturated heterocycles. The molecule has 152 valence electrons. The van der Waals surface area contributed by atoms with Crippen molar-refractivity contribution >= 4 is 5.91 Å². The van der Waals surface area contributed by atoms with Crippen LogP contribution in [-0.4, -0.2) is 95.4 Å². The Kier molecular flexibility index (Phi) is 7.20. The molecule has 0 radical (unpaired) electrons. The van der Waals surface area contributed by atoms with Gasteiger partial charge in [-0.1, -0.05) is 0 Å². The van der Waals surface area contributed by atoms with Crippen molar-refractivity contribution in [3.05, 3.63) is 11.6 Å². The summed E-state index contributed by atoms with van der Waals surface area (Å²) < 4.78 is 7.58. The predicted molar refractivity (Wildman–Crippen MR) is 103 cm³/mol. The molecule has 1 amide bonds. The van der Waals surface area contributed by atoms with Gasteiger partial charge in [0.25, 0.3) is 0 Å². The zero-order valence-corrected chi connectivity index (χ0v) is 17.1. The fraction of sp³-hybridized carbons (Fsp3) is 0.842. The highest BCUT2D eigenvalue weighted by atomic mass is 16.5. The molecule has 8 nitrogen and oxygen atoms in total. The third-order valence-corrected chi connectivity index (χ3v) is 5.68. The monoisotopic (exact) mass is 378 g/mol. The fourth-order valence-corrected chi connectivity index (χ4v) is 3.92. The molecule has 1 aromatic rings. The molecule has 0 bridgehead atoms. The van der Waals surface area contributed by atoms with Crippen LogP contribution in [0.4, 0.5) is 0 Å². The quantitative estimate of drug-likeness (QED) is 0.696. The molecule has 8 heteroatoms. The second-order valence-corrected chi connectivity index (χ2v) is 7.98. The molecule has 27 heavy (non-hydrogen) atoms. The van der Waals surface area contributed by atoms with Crippen LogP contribution >= 0.6 is 0 Å². The van der Waals surface area contributed by atoms with Gasteiger partial charge in [-0.05, 0) is 39.9 Å². The maximum atomic E-state index is 12.4. The Bertz CT molecular complexity index is 603. The van der Waals surface area contributed by atoms with Crippen molar-refractivity contribution in [3.8, 4) is 0 Å². The van der Waals surface area contributed by atoms with Crippen molar-refractivity contribution in [1.82, 2.24) is 29.5 Å². The van der Waals surface area contributed by atoms with Gasteiger partial charge in [0.1, 0.15) is 11.6 Å². The highest BCUT2D eigenvalue weighted by Crippen LogP contribution is 2.27. The number of morpholine rings is 1. The molecule has 3 rings (SSSR count). The summed E-state index contributed by atoms with van der Waals surface area (Å²) in [6, 6.07) is 0. The molecule has 0 aliphatic carbocycles. The highest BCUT2D eigenvalue weighted by Gasteiger charge is 2.27. The molecule has 0 saturated carbocycles. The van der Waals surface area contributed by atoms with E-state index in [1.165, 1.54) is 0 Å². The fourth-order valence-electron chi connectivity index (χ4n) is 3.92. The number of carbonyl (C=O) groups is 1. The van der Waals surface area contributed by atoms with E-state index in [1.54, 1.807) is 0 Å². The Hall–Kier alpha value is -1.51. The molecule has 0 unspecified atom stereocenters. The zero-order valence-electron chi connectivity index (χ0n) is 17.1. The van der Waals surface area contributed by atoms with Crippen LogP contribution in [-0.2, 0) is 23.1 Å². The number of aromatic nitrogens is 3. The molecule has 0 N–H and O–H groups in total. The highest BCUT2D eigenvalue weighted by molar-refractivity contribution is 5.76. The number of carbonyl (C=O) groups excluding carboxylic acids is 1. The molecule has 0 aromatic carbocycles. The van der Waals surface area contributed by atoms with E-state index in [4.69, 9.17) is 4.74 Å². The van der Waals surface area contributed by atoms with Gasteiger partial charge in [-0.2, -0.15) is 0 Å². The molecule has 3 heterocycles.